The Hall–Kier alpha value is -4.04. The molecule has 3 rings (SSSR count). The standard InChI is InChI=1S/C25H22N2O3/c1-2-29-24-13-7-11-22(16-24)27-25(28)21(17-26)14-20-10-6-12-23(15-20)30-18-19-8-4-3-5-9-19/h3-16H,2,18H2,1H3,(H,27,28)/b21-14+. The predicted octanol–water partition coefficient (Wildman–Crippen LogP) is 5.21. The number of rotatable bonds is 8. The van der Waals surface area contributed by atoms with Crippen LogP contribution in [0.1, 0.15) is 18.1 Å². The number of hydrogen-bond acceptors (Lipinski definition) is 4. The van der Waals surface area contributed by atoms with Gasteiger partial charge in [0.2, 0.25) is 0 Å². The summed E-state index contributed by atoms with van der Waals surface area (Å²) in [6.45, 7) is 2.86. The quantitative estimate of drug-likeness (QED) is 0.418. The van der Waals surface area contributed by atoms with Crippen LogP contribution in [0, 0.1) is 11.3 Å². The van der Waals surface area contributed by atoms with E-state index in [1.165, 1.54) is 6.08 Å². The van der Waals surface area contributed by atoms with E-state index >= 15 is 0 Å². The molecule has 1 amide bonds. The third kappa shape index (κ3) is 5.98. The Morgan fingerprint density at radius 1 is 0.967 bits per heavy atom. The third-order valence-electron chi connectivity index (χ3n) is 4.19. The van der Waals surface area contributed by atoms with E-state index in [0.29, 0.717) is 36.0 Å². The summed E-state index contributed by atoms with van der Waals surface area (Å²) < 4.78 is 11.2. The number of anilines is 1. The van der Waals surface area contributed by atoms with E-state index in [-0.39, 0.29) is 5.57 Å². The molecule has 0 atom stereocenters. The smallest absolute Gasteiger partial charge is 0.266 e. The largest absolute Gasteiger partial charge is 0.494 e. The first kappa shape index (κ1) is 20.7. The number of carbonyl (C=O) groups is 1. The van der Waals surface area contributed by atoms with Crippen LogP contribution in [-0.4, -0.2) is 12.5 Å². The van der Waals surface area contributed by atoms with Crippen LogP contribution in [0.5, 0.6) is 11.5 Å². The highest BCUT2D eigenvalue weighted by atomic mass is 16.5. The van der Waals surface area contributed by atoms with E-state index in [4.69, 9.17) is 9.47 Å². The number of nitrogens with zero attached hydrogens (tertiary/aromatic N) is 1. The van der Waals surface area contributed by atoms with Gasteiger partial charge in [0, 0.05) is 11.8 Å². The van der Waals surface area contributed by atoms with Gasteiger partial charge in [-0.15, -0.1) is 0 Å². The molecule has 0 unspecified atom stereocenters. The van der Waals surface area contributed by atoms with Crippen LogP contribution in [0.3, 0.4) is 0 Å². The number of hydrogen-bond donors (Lipinski definition) is 1. The molecule has 0 aliphatic carbocycles. The van der Waals surface area contributed by atoms with Crippen LogP contribution < -0.4 is 14.8 Å². The second-order valence-corrected chi connectivity index (χ2v) is 6.43. The summed E-state index contributed by atoms with van der Waals surface area (Å²) in [6.07, 6.45) is 1.54. The number of benzene rings is 3. The fourth-order valence-corrected chi connectivity index (χ4v) is 2.78. The van der Waals surface area contributed by atoms with Gasteiger partial charge in [-0.2, -0.15) is 5.26 Å². The summed E-state index contributed by atoms with van der Waals surface area (Å²) in [5, 5.41) is 12.2. The maximum atomic E-state index is 12.5. The fraction of sp³-hybridized carbons (Fsp3) is 0.120. The summed E-state index contributed by atoms with van der Waals surface area (Å²) in [4.78, 5) is 12.5. The van der Waals surface area contributed by atoms with Crippen LogP contribution in [0.4, 0.5) is 5.69 Å². The molecule has 1 N–H and O–H groups in total. The van der Waals surface area contributed by atoms with Crippen LogP contribution in [0.25, 0.3) is 6.08 Å². The molecule has 3 aromatic rings. The Balaban J connectivity index is 1.70. The van der Waals surface area contributed by atoms with Gasteiger partial charge in [-0.3, -0.25) is 4.79 Å². The van der Waals surface area contributed by atoms with Crippen LogP contribution in [-0.2, 0) is 11.4 Å². The summed E-state index contributed by atoms with van der Waals surface area (Å²) >= 11 is 0. The van der Waals surface area contributed by atoms with Crippen molar-refractivity contribution in [1.82, 2.24) is 0 Å². The SMILES string of the molecule is CCOc1cccc(NC(=O)/C(C#N)=C/c2cccc(OCc3ccccc3)c2)c1. The number of carbonyl (C=O) groups excluding carboxylic acids is 1. The van der Waals surface area contributed by atoms with Crippen LogP contribution in [0.2, 0.25) is 0 Å². The number of nitriles is 1. The second kappa shape index (κ2) is 10.5. The predicted molar refractivity (Wildman–Crippen MR) is 117 cm³/mol. The van der Waals surface area contributed by atoms with Gasteiger partial charge in [0.05, 0.1) is 6.61 Å². The minimum Gasteiger partial charge on any atom is -0.494 e. The van der Waals surface area contributed by atoms with Crippen molar-refractivity contribution in [3.63, 3.8) is 0 Å². The second-order valence-electron chi connectivity index (χ2n) is 6.43. The van der Waals surface area contributed by atoms with Gasteiger partial charge in [0.15, 0.2) is 0 Å². The average molecular weight is 398 g/mol. The van der Waals surface area contributed by atoms with E-state index in [1.807, 2.05) is 61.5 Å². The molecule has 5 heteroatoms. The minimum absolute atomic E-state index is 0.00276. The molecule has 0 saturated heterocycles. The normalized spacial score (nSPS) is 10.7. The van der Waals surface area contributed by atoms with Crippen molar-refractivity contribution in [2.75, 3.05) is 11.9 Å². The van der Waals surface area contributed by atoms with Crippen molar-refractivity contribution < 1.29 is 14.3 Å². The highest BCUT2D eigenvalue weighted by Gasteiger charge is 2.10. The molecule has 3 aromatic carbocycles. The van der Waals surface area contributed by atoms with Crippen molar-refractivity contribution in [2.24, 2.45) is 0 Å². The van der Waals surface area contributed by atoms with Gasteiger partial charge < -0.3 is 14.8 Å². The van der Waals surface area contributed by atoms with Crippen molar-refractivity contribution >= 4 is 17.7 Å². The molecule has 0 aromatic heterocycles. The lowest BCUT2D eigenvalue weighted by atomic mass is 10.1. The summed E-state index contributed by atoms with van der Waals surface area (Å²) in [5.74, 6) is 0.831. The lowest BCUT2D eigenvalue weighted by Crippen LogP contribution is -2.13. The lowest BCUT2D eigenvalue weighted by Gasteiger charge is -2.08. The zero-order valence-electron chi connectivity index (χ0n) is 16.7. The van der Waals surface area contributed by atoms with Gasteiger partial charge >= 0.3 is 0 Å². The van der Waals surface area contributed by atoms with Crippen molar-refractivity contribution in [1.29, 1.82) is 5.26 Å². The topological polar surface area (TPSA) is 71.3 Å². The van der Waals surface area contributed by atoms with Gasteiger partial charge in [-0.1, -0.05) is 48.5 Å². The van der Waals surface area contributed by atoms with E-state index in [9.17, 15) is 10.1 Å². The van der Waals surface area contributed by atoms with E-state index in [1.54, 1.807) is 30.3 Å². The summed E-state index contributed by atoms with van der Waals surface area (Å²) in [5.41, 5.74) is 2.32. The maximum Gasteiger partial charge on any atom is 0.266 e. The van der Waals surface area contributed by atoms with Crippen LogP contribution in [0.15, 0.2) is 84.4 Å². The Bertz CT molecular complexity index is 1070. The van der Waals surface area contributed by atoms with E-state index in [2.05, 4.69) is 5.32 Å². The monoisotopic (exact) mass is 398 g/mol. The average Bonchev–Trinajstić information content (AvgIpc) is 2.77. The van der Waals surface area contributed by atoms with Gasteiger partial charge in [0.1, 0.15) is 29.7 Å². The molecule has 0 saturated carbocycles. The van der Waals surface area contributed by atoms with Crippen molar-refractivity contribution in [3.8, 4) is 17.6 Å². The van der Waals surface area contributed by atoms with E-state index in [0.717, 1.165) is 5.56 Å². The zero-order valence-corrected chi connectivity index (χ0v) is 16.7. The van der Waals surface area contributed by atoms with Crippen molar-refractivity contribution in [3.05, 3.63) is 95.6 Å². The fourth-order valence-electron chi connectivity index (χ4n) is 2.78. The molecular formula is C25H22N2O3. The molecule has 0 heterocycles. The Morgan fingerprint density at radius 2 is 1.70 bits per heavy atom. The highest BCUT2D eigenvalue weighted by Crippen LogP contribution is 2.20. The number of ether oxygens (including phenoxy) is 2. The Kier molecular flexibility index (Phi) is 7.23. The molecule has 0 spiro atoms. The first-order valence-corrected chi connectivity index (χ1v) is 9.60. The lowest BCUT2D eigenvalue weighted by molar-refractivity contribution is -0.112. The first-order chi connectivity index (χ1) is 14.7. The van der Waals surface area contributed by atoms with Crippen LogP contribution >= 0.6 is 0 Å². The highest BCUT2D eigenvalue weighted by molar-refractivity contribution is 6.09. The molecule has 0 fully saturated rings. The first-order valence-electron chi connectivity index (χ1n) is 9.60. The van der Waals surface area contributed by atoms with Gasteiger partial charge in [0.25, 0.3) is 5.91 Å². The summed E-state index contributed by atoms with van der Waals surface area (Å²) in [6, 6.07) is 26.1. The minimum atomic E-state index is -0.484. The third-order valence-corrected chi connectivity index (χ3v) is 4.19. The Morgan fingerprint density at radius 3 is 2.43 bits per heavy atom. The maximum absolute atomic E-state index is 12.5. The van der Waals surface area contributed by atoms with E-state index < -0.39 is 5.91 Å². The summed E-state index contributed by atoms with van der Waals surface area (Å²) in [7, 11) is 0. The molecule has 30 heavy (non-hydrogen) atoms. The molecule has 0 bridgehead atoms. The molecule has 0 radical (unpaired) electrons. The molecule has 0 aliphatic heterocycles. The molecule has 150 valence electrons. The Labute approximate surface area is 176 Å². The molecular weight excluding hydrogens is 376 g/mol. The number of amides is 1. The zero-order chi connectivity index (χ0) is 21.2. The number of nitrogens with one attached hydrogen (secondary N) is 1. The molecule has 5 nitrogen and oxygen atoms in total. The van der Waals surface area contributed by atoms with Crippen molar-refractivity contribution in [2.45, 2.75) is 13.5 Å². The van der Waals surface area contributed by atoms with Gasteiger partial charge in [-0.25, -0.2) is 0 Å². The van der Waals surface area contributed by atoms with Gasteiger partial charge in [-0.05, 0) is 48.4 Å². The molecule has 0 aliphatic rings.